The molecule has 2 nitrogen and oxygen atoms in total. The maximum Gasteiger partial charge on any atom is 0.0693 e. The van der Waals surface area contributed by atoms with E-state index in [1.807, 2.05) is 0 Å². The number of aliphatic hydroxyl groups excluding tert-OH is 1. The van der Waals surface area contributed by atoms with Gasteiger partial charge in [-0.1, -0.05) is 40.9 Å². The van der Waals surface area contributed by atoms with Crippen LogP contribution in [0.25, 0.3) is 0 Å². The normalized spacial score (nSPS) is 24.9. The topological polar surface area (TPSA) is 32.3 Å². The van der Waals surface area contributed by atoms with Gasteiger partial charge in [0.2, 0.25) is 0 Å². The fourth-order valence-corrected chi connectivity index (χ4v) is 2.66. The minimum Gasteiger partial charge on any atom is -0.392 e. The van der Waals surface area contributed by atoms with Gasteiger partial charge in [0.25, 0.3) is 0 Å². The fourth-order valence-electron chi connectivity index (χ4n) is 2.42. The highest BCUT2D eigenvalue weighted by Crippen LogP contribution is 2.20. The molecule has 3 heteroatoms. The summed E-state index contributed by atoms with van der Waals surface area (Å²) in [6, 6.07) is 6.67. The average Bonchev–Trinajstić information content (AvgIpc) is 2.32. The Morgan fingerprint density at radius 3 is 2.82 bits per heavy atom. The molecule has 1 fully saturated rings. The van der Waals surface area contributed by atoms with Gasteiger partial charge in [0.05, 0.1) is 6.10 Å². The van der Waals surface area contributed by atoms with Crippen molar-refractivity contribution < 1.29 is 5.11 Å². The lowest BCUT2D eigenvalue weighted by Gasteiger charge is -2.28. The number of hydrogen-bond donors (Lipinski definition) is 2. The summed E-state index contributed by atoms with van der Waals surface area (Å²) < 4.78 is 1.15. The lowest BCUT2D eigenvalue weighted by Crippen LogP contribution is -2.41. The first-order chi connectivity index (χ1) is 8.16. The van der Waals surface area contributed by atoms with E-state index in [9.17, 15) is 5.11 Å². The van der Waals surface area contributed by atoms with E-state index < -0.39 is 0 Å². The standard InChI is InChI=1S/C14H20BrNO/c1-10-8-11(6-7-12(10)15)9-16-13-4-2-3-5-14(13)17/h6-8,13-14,16-17H,2-5,9H2,1H3. The van der Waals surface area contributed by atoms with Crippen LogP contribution in [0.4, 0.5) is 0 Å². The van der Waals surface area contributed by atoms with Gasteiger partial charge in [-0.15, -0.1) is 0 Å². The molecule has 0 radical (unpaired) electrons. The number of aliphatic hydroxyl groups is 1. The summed E-state index contributed by atoms with van der Waals surface area (Å²) in [7, 11) is 0. The zero-order valence-corrected chi connectivity index (χ0v) is 11.8. The Morgan fingerprint density at radius 2 is 2.12 bits per heavy atom. The largest absolute Gasteiger partial charge is 0.392 e. The second kappa shape index (κ2) is 5.98. The van der Waals surface area contributed by atoms with Gasteiger partial charge in [0, 0.05) is 17.1 Å². The lowest BCUT2D eigenvalue weighted by molar-refractivity contribution is 0.0902. The third-order valence-corrected chi connectivity index (χ3v) is 4.41. The number of halogens is 1. The van der Waals surface area contributed by atoms with Gasteiger partial charge >= 0.3 is 0 Å². The van der Waals surface area contributed by atoms with Crippen LogP contribution in [0.2, 0.25) is 0 Å². The molecule has 0 amide bonds. The number of rotatable bonds is 3. The predicted molar refractivity (Wildman–Crippen MR) is 74.0 cm³/mol. The van der Waals surface area contributed by atoms with Crippen LogP contribution in [0, 0.1) is 6.92 Å². The van der Waals surface area contributed by atoms with E-state index in [0.717, 1.165) is 30.3 Å². The summed E-state index contributed by atoms with van der Waals surface area (Å²) >= 11 is 3.51. The van der Waals surface area contributed by atoms with E-state index in [-0.39, 0.29) is 12.1 Å². The third-order valence-electron chi connectivity index (χ3n) is 3.52. The Hall–Kier alpha value is -0.380. The van der Waals surface area contributed by atoms with Gasteiger partial charge in [-0.05, 0) is 37.0 Å². The minimum atomic E-state index is -0.166. The first-order valence-corrected chi connectivity index (χ1v) is 7.12. The van der Waals surface area contributed by atoms with Crippen LogP contribution >= 0.6 is 15.9 Å². The molecule has 0 aromatic heterocycles. The van der Waals surface area contributed by atoms with E-state index >= 15 is 0 Å². The molecule has 1 aromatic carbocycles. The van der Waals surface area contributed by atoms with Crippen LogP contribution in [0.15, 0.2) is 22.7 Å². The highest BCUT2D eigenvalue weighted by Gasteiger charge is 2.21. The van der Waals surface area contributed by atoms with Gasteiger partial charge in [0.15, 0.2) is 0 Å². The maximum atomic E-state index is 9.88. The van der Waals surface area contributed by atoms with Gasteiger partial charge < -0.3 is 10.4 Å². The molecular weight excluding hydrogens is 278 g/mol. The zero-order valence-electron chi connectivity index (χ0n) is 10.2. The average molecular weight is 298 g/mol. The molecule has 0 bridgehead atoms. The van der Waals surface area contributed by atoms with Crippen LogP contribution < -0.4 is 5.32 Å². The lowest BCUT2D eigenvalue weighted by atomic mass is 9.92. The van der Waals surface area contributed by atoms with Crippen LogP contribution in [-0.2, 0) is 6.54 Å². The fraction of sp³-hybridized carbons (Fsp3) is 0.571. The molecule has 1 aliphatic carbocycles. The second-order valence-electron chi connectivity index (χ2n) is 4.92. The molecule has 0 aliphatic heterocycles. The van der Waals surface area contributed by atoms with Crippen molar-refractivity contribution in [1.82, 2.24) is 5.32 Å². The summed E-state index contributed by atoms with van der Waals surface area (Å²) in [6.07, 6.45) is 4.26. The molecule has 2 N–H and O–H groups in total. The van der Waals surface area contributed by atoms with Crippen molar-refractivity contribution in [1.29, 1.82) is 0 Å². The Kier molecular flexibility index (Phi) is 4.60. The summed E-state index contributed by atoms with van der Waals surface area (Å²) in [5, 5.41) is 13.3. The molecule has 0 heterocycles. The molecule has 2 atom stereocenters. The molecule has 17 heavy (non-hydrogen) atoms. The van der Waals surface area contributed by atoms with Crippen LogP contribution in [0.3, 0.4) is 0 Å². The van der Waals surface area contributed by atoms with Crippen LogP contribution in [0.5, 0.6) is 0 Å². The highest BCUT2D eigenvalue weighted by molar-refractivity contribution is 9.10. The zero-order chi connectivity index (χ0) is 12.3. The molecule has 2 unspecified atom stereocenters. The van der Waals surface area contributed by atoms with E-state index in [1.54, 1.807) is 0 Å². The van der Waals surface area contributed by atoms with Crippen molar-refractivity contribution in [3.05, 3.63) is 33.8 Å². The van der Waals surface area contributed by atoms with Gasteiger partial charge in [-0.2, -0.15) is 0 Å². The second-order valence-corrected chi connectivity index (χ2v) is 5.78. The summed E-state index contributed by atoms with van der Waals surface area (Å²) in [5.41, 5.74) is 2.54. The summed E-state index contributed by atoms with van der Waals surface area (Å²) in [4.78, 5) is 0. The molecule has 1 saturated carbocycles. The quantitative estimate of drug-likeness (QED) is 0.898. The van der Waals surface area contributed by atoms with Crippen molar-refractivity contribution in [2.24, 2.45) is 0 Å². The van der Waals surface area contributed by atoms with Gasteiger partial charge in [-0.3, -0.25) is 0 Å². The molecule has 1 aromatic rings. The van der Waals surface area contributed by atoms with Gasteiger partial charge in [0.1, 0.15) is 0 Å². The van der Waals surface area contributed by atoms with Crippen molar-refractivity contribution in [3.63, 3.8) is 0 Å². The number of aryl methyl sites for hydroxylation is 1. The SMILES string of the molecule is Cc1cc(CNC2CCCCC2O)ccc1Br. The van der Waals surface area contributed by atoms with Crippen LogP contribution in [-0.4, -0.2) is 17.3 Å². The number of hydrogen-bond acceptors (Lipinski definition) is 2. The number of benzene rings is 1. The van der Waals surface area contributed by atoms with Crippen molar-refractivity contribution >= 4 is 15.9 Å². The Morgan fingerprint density at radius 1 is 1.35 bits per heavy atom. The molecular formula is C14H20BrNO. The van der Waals surface area contributed by atoms with E-state index in [2.05, 4.69) is 46.4 Å². The van der Waals surface area contributed by atoms with Crippen molar-refractivity contribution in [2.45, 2.75) is 51.3 Å². The highest BCUT2D eigenvalue weighted by atomic mass is 79.9. The smallest absolute Gasteiger partial charge is 0.0693 e. The third kappa shape index (κ3) is 3.54. The first-order valence-electron chi connectivity index (χ1n) is 6.33. The molecule has 2 rings (SSSR count). The monoisotopic (exact) mass is 297 g/mol. The Labute approximate surface area is 112 Å². The molecule has 0 saturated heterocycles. The van der Waals surface area contributed by atoms with Crippen molar-refractivity contribution in [3.8, 4) is 0 Å². The molecule has 0 spiro atoms. The molecule has 1 aliphatic rings. The summed E-state index contributed by atoms with van der Waals surface area (Å²) in [6.45, 7) is 2.94. The van der Waals surface area contributed by atoms with Crippen LogP contribution in [0.1, 0.15) is 36.8 Å². The van der Waals surface area contributed by atoms with E-state index in [4.69, 9.17) is 0 Å². The maximum absolute atomic E-state index is 9.88. The minimum absolute atomic E-state index is 0.166. The number of nitrogens with one attached hydrogen (secondary N) is 1. The van der Waals surface area contributed by atoms with Gasteiger partial charge in [-0.25, -0.2) is 0 Å². The predicted octanol–water partition coefficient (Wildman–Crippen LogP) is 3.15. The Balaban J connectivity index is 1.90. The van der Waals surface area contributed by atoms with E-state index in [1.165, 1.54) is 17.5 Å². The first kappa shape index (κ1) is 13.1. The molecule has 94 valence electrons. The Bertz CT molecular complexity index is 380. The summed E-state index contributed by atoms with van der Waals surface area (Å²) in [5.74, 6) is 0. The van der Waals surface area contributed by atoms with E-state index in [0.29, 0.717) is 0 Å². The van der Waals surface area contributed by atoms with Crippen molar-refractivity contribution in [2.75, 3.05) is 0 Å².